The van der Waals surface area contributed by atoms with E-state index in [1.807, 2.05) is 6.20 Å². The highest BCUT2D eigenvalue weighted by Crippen LogP contribution is 2.31. The van der Waals surface area contributed by atoms with E-state index in [1.54, 1.807) is 12.1 Å². The molecule has 0 amide bonds. The summed E-state index contributed by atoms with van der Waals surface area (Å²) in [6.45, 7) is 1.04. The SMILES string of the molecule is COC(=O)c1ccc(F)c2c1C[C@@H](NCCCc1c[nH]c3ccc(F)cc13)CO2. The van der Waals surface area contributed by atoms with Gasteiger partial charge < -0.3 is 19.8 Å². The summed E-state index contributed by atoms with van der Waals surface area (Å²) >= 11 is 0. The number of aromatic amines is 1. The Kier molecular flexibility index (Phi) is 5.49. The van der Waals surface area contributed by atoms with Gasteiger partial charge in [-0.15, -0.1) is 0 Å². The quantitative estimate of drug-likeness (QED) is 0.489. The van der Waals surface area contributed by atoms with Crippen LogP contribution in [-0.4, -0.2) is 37.3 Å². The standard InChI is InChI=1S/C22H22F2N2O3/c1-28-22(27)16-5-6-19(24)21-18(16)10-15(12-29-21)25-8-2-3-13-11-26-20-7-4-14(23)9-17(13)20/h4-7,9,11,15,25-26H,2-3,8,10,12H2,1H3/t15-/m1/s1. The summed E-state index contributed by atoms with van der Waals surface area (Å²) in [6, 6.07) is 7.35. The molecule has 152 valence electrons. The Morgan fingerprint density at radius 2 is 2.17 bits per heavy atom. The van der Waals surface area contributed by atoms with Gasteiger partial charge >= 0.3 is 5.97 Å². The van der Waals surface area contributed by atoms with Gasteiger partial charge in [0.1, 0.15) is 12.4 Å². The molecule has 29 heavy (non-hydrogen) atoms. The first-order valence-corrected chi connectivity index (χ1v) is 9.58. The van der Waals surface area contributed by atoms with Gasteiger partial charge in [0, 0.05) is 28.7 Å². The third-order valence-corrected chi connectivity index (χ3v) is 5.28. The van der Waals surface area contributed by atoms with Crippen molar-refractivity contribution >= 4 is 16.9 Å². The Morgan fingerprint density at radius 3 is 3.00 bits per heavy atom. The number of benzene rings is 2. The molecule has 0 fully saturated rings. The molecular formula is C22H22F2N2O3. The highest BCUT2D eigenvalue weighted by molar-refractivity contribution is 5.92. The lowest BCUT2D eigenvalue weighted by Gasteiger charge is -2.27. The number of halogens is 2. The summed E-state index contributed by atoms with van der Waals surface area (Å²) in [7, 11) is 1.30. The first-order valence-electron chi connectivity index (χ1n) is 9.58. The zero-order chi connectivity index (χ0) is 20.4. The number of fused-ring (bicyclic) bond motifs is 2. The van der Waals surface area contributed by atoms with E-state index >= 15 is 0 Å². The van der Waals surface area contributed by atoms with Crippen LogP contribution in [0.4, 0.5) is 8.78 Å². The van der Waals surface area contributed by atoms with Crippen LogP contribution >= 0.6 is 0 Å². The number of carbonyl (C=O) groups excluding carboxylic acids is 1. The van der Waals surface area contributed by atoms with Gasteiger partial charge in [0.25, 0.3) is 0 Å². The fourth-order valence-corrected chi connectivity index (χ4v) is 3.82. The van der Waals surface area contributed by atoms with E-state index in [0.29, 0.717) is 30.7 Å². The molecule has 0 saturated heterocycles. The Labute approximate surface area is 167 Å². The van der Waals surface area contributed by atoms with E-state index in [2.05, 4.69) is 10.3 Å². The summed E-state index contributed by atoms with van der Waals surface area (Å²) in [6.07, 6.45) is 4.04. The summed E-state index contributed by atoms with van der Waals surface area (Å²) < 4.78 is 37.9. The van der Waals surface area contributed by atoms with Gasteiger partial charge in [0.2, 0.25) is 0 Å². The Hall–Kier alpha value is -2.93. The minimum atomic E-state index is -0.503. The maximum absolute atomic E-state index is 14.0. The Balaban J connectivity index is 1.37. The van der Waals surface area contributed by atoms with Crippen LogP contribution < -0.4 is 10.1 Å². The van der Waals surface area contributed by atoms with Crippen LogP contribution in [0.15, 0.2) is 36.5 Å². The van der Waals surface area contributed by atoms with E-state index in [-0.39, 0.29) is 17.6 Å². The molecule has 0 bridgehead atoms. The van der Waals surface area contributed by atoms with Crippen molar-refractivity contribution in [2.75, 3.05) is 20.3 Å². The minimum absolute atomic E-state index is 0.0341. The van der Waals surface area contributed by atoms with Gasteiger partial charge in [0.15, 0.2) is 11.6 Å². The van der Waals surface area contributed by atoms with Crippen molar-refractivity contribution in [1.29, 1.82) is 0 Å². The fourth-order valence-electron chi connectivity index (χ4n) is 3.82. The van der Waals surface area contributed by atoms with Crippen LogP contribution in [0.2, 0.25) is 0 Å². The second-order valence-electron chi connectivity index (χ2n) is 7.17. The van der Waals surface area contributed by atoms with E-state index in [9.17, 15) is 13.6 Å². The number of esters is 1. The number of nitrogens with one attached hydrogen (secondary N) is 2. The third-order valence-electron chi connectivity index (χ3n) is 5.28. The second-order valence-corrected chi connectivity index (χ2v) is 7.17. The lowest BCUT2D eigenvalue weighted by Crippen LogP contribution is -2.40. The zero-order valence-corrected chi connectivity index (χ0v) is 16.1. The molecule has 2 aromatic carbocycles. The highest BCUT2D eigenvalue weighted by Gasteiger charge is 2.27. The van der Waals surface area contributed by atoms with Crippen LogP contribution in [0.1, 0.15) is 27.9 Å². The second kappa shape index (κ2) is 8.21. The molecule has 7 heteroatoms. The zero-order valence-electron chi connectivity index (χ0n) is 16.1. The predicted octanol–water partition coefficient (Wildman–Crippen LogP) is 3.76. The molecule has 1 aliphatic heterocycles. The van der Waals surface area contributed by atoms with E-state index < -0.39 is 11.8 Å². The average molecular weight is 400 g/mol. The maximum atomic E-state index is 14.0. The van der Waals surface area contributed by atoms with Crippen LogP contribution in [0.3, 0.4) is 0 Å². The van der Waals surface area contributed by atoms with Crippen molar-refractivity contribution in [3.05, 3.63) is 64.9 Å². The largest absolute Gasteiger partial charge is 0.489 e. The van der Waals surface area contributed by atoms with E-state index in [4.69, 9.17) is 9.47 Å². The predicted molar refractivity (Wildman–Crippen MR) is 105 cm³/mol. The summed E-state index contributed by atoms with van der Waals surface area (Å²) in [4.78, 5) is 15.1. The molecule has 1 aromatic heterocycles. The van der Waals surface area contributed by atoms with Crippen molar-refractivity contribution in [3.8, 4) is 5.75 Å². The van der Waals surface area contributed by atoms with Crippen molar-refractivity contribution in [3.63, 3.8) is 0 Å². The molecule has 0 spiro atoms. The molecule has 3 aromatic rings. The van der Waals surface area contributed by atoms with Gasteiger partial charge in [-0.2, -0.15) is 0 Å². The Bertz CT molecular complexity index is 1050. The van der Waals surface area contributed by atoms with Crippen molar-refractivity contribution in [2.24, 2.45) is 0 Å². The number of methoxy groups -OCH3 is 1. The summed E-state index contributed by atoms with van der Waals surface area (Å²) in [5, 5.41) is 4.31. The number of rotatable bonds is 6. The van der Waals surface area contributed by atoms with Crippen LogP contribution in [0, 0.1) is 11.6 Å². The van der Waals surface area contributed by atoms with Gasteiger partial charge in [-0.3, -0.25) is 0 Å². The first kappa shape index (κ1) is 19.4. The van der Waals surface area contributed by atoms with Crippen LogP contribution in [-0.2, 0) is 17.6 Å². The number of hydrogen-bond donors (Lipinski definition) is 2. The lowest BCUT2D eigenvalue weighted by atomic mass is 9.96. The van der Waals surface area contributed by atoms with Crippen LogP contribution in [0.25, 0.3) is 10.9 Å². The third kappa shape index (κ3) is 3.96. The Morgan fingerprint density at radius 1 is 1.31 bits per heavy atom. The molecule has 2 heterocycles. The molecule has 0 radical (unpaired) electrons. The molecule has 1 atom stereocenters. The van der Waals surface area contributed by atoms with E-state index in [1.165, 1.54) is 25.3 Å². The smallest absolute Gasteiger partial charge is 0.338 e. The molecule has 0 saturated carbocycles. The van der Waals surface area contributed by atoms with Gasteiger partial charge in [0.05, 0.1) is 12.7 Å². The lowest BCUT2D eigenvalue weighted by molar-refractivity contribution is 0.0597. The molecule has 5 nitrogen and oxygen atoms in total. The van der Waals surface area contributed by atoms with Gasteiger partial charge in [-0.05, 0) is 61.7 Å². The number of ether oxygens (including phenoxy) is 2. The molecule has 2 N–H and O–H groups in total. The number of aryl methyl sites for hydroxylation is 1. The topological polar surface area (TPSA) is 63.3 Å². The number of carbonyl (C=O) groups is 1. The molecule has 4 rings (SSSR count). The van der Waals surface area contributed by atoms with Crippen molar-refractivity contribution < 1.29 is 23.0 Å². The number of aromatic nitrogens is 1. The number of H-pyrrole nitrogens is 1. The number of hydrogen-bond acceptors (Lipinski definition) is 4. The van der Waals surface area contributed by atoms with Crippen molar-refractivity contribution in [2.45, 2.75) is 25.3 Å². The summed E-state index contributed by atoms with van der Waals surface area (Å²) in [5.74, 6) is -1.09. The van der Waals surface area contributed by atoms with Gasteiger partial charge in [-0.25, -0.2) is 13.6 Å². The normalized spacial score (nSPS) is 15.8. The molecule has 0 aliphatic carbocycles. The average Bonchev–Trinajstić information content (AvgIpc) is 3.13. The maximum Gasteiger partial charge on any atom is 0.338 e. The molecular weight excluding hydrogens is 378 g/mol. The minimum Gasteiger partial charge on any atom is -0.489 e. The monoisotopic (exact) mass is 400 g/mol. The fraction of sp³-hybridized carbons (Fsp3) is 0.318. The highest BCUT2D eigenvalue weighted by atomic mass is 19.1. The summed E-state index contributed by atoms with van der Waals surface area (Å²) in [5.41, 5.74) is 2.86. The van der Waals surface area contributed by atoms with Crippen LogP contribution in [0.5, 0.6) is 5.75 Å². The van der Waals surface area contributed by atoms with Crippen molar-refractivity contribution in [1.82, 2.24) is 10.3 Å². The molecule has 1 aliphatic rings. The van der Waals surface area contributed by atoms with E-state index in [0.717, 1.165) is 29.3 Å². The molecule has 0 unspecified atom stereocenters. The first-order chi connectivity index (χ1) is 14.1. The van der Waals surface area contributed by atoms with Gasteiger partial charge in [-0.1, -0.05) is 0 Å².